The first kappa shape index (κ1) is 20.1. The van der Waals surface area contributed by atoms with Crippen molar-refractivity contribution in [2.45, 2.75) is 9.79 Å². The van der Waals surface area contributed by atoms with Crippen LogP contribution in [0.25, 0.3) is 17.1 Å². The second-order valence-corrected chi connectivity index (χ2v) is 7.80. The highest BCUT2D eigenvalue weighted by Crippen LogP contribution is 2.27. The molecular formula is C14H9N3O8S2. The first-order chi connectivity index (χ1) is 12.4. The van der Waals surface area contributed by atoms with E-state index in [0.717, 1.165) is 36.4 Å². The maximum Gasteiger partial charge on any atom is 0.386 e. The topological polar surface area (TPSA) is 183 Å². The maximum atomic E-state index is 11.5. The normalized spacial score (nSPS) is 12.0. The second kappa shape index (κ2) is 7.21. The lowest BCUT2D eigenvalue weighted by molar-refractivity contribution is -0.385. The number of non-ortho nitro benzene ring substituents is 1. The molecular weight excluding hydrogens is 402 g/mol. The Bertz CT molecular complexity index is 1210. The second-order valence-electron chi connectivity index (χ2n) is 5.06. The summed E-state index contributed by atoms with van der Waals surface area (Å²) in [6.45, 7) is 0. The highest BCUT2D eigenvalue weighted by molar-refractivity contribution is 7.86. The number of diazo groups is 1. The lowest BCUT2D eigenvalue weighted by atomic mass is 10.1. The average molecular weight is 411 g/mol. The van der Waals surface area contributed by atoms with Gasteiger partial charge in [0.2, 0.25) is 5.39 Å². The van der Waals surface area contributed by atoms with Crippen LogP contribution in [0.1, 0.15) is 11.1 Å². The van der Waals surface area contributed by atoms with E-state index in [4.69, 9.17) is 5.39 Å². The molecule has 0 aliphatic heterocycles. The molecule has 2 rings (SSSR count). The molecule has 0 atom stereocenters. The fourth-order valence-corrected chi connectivity index (χ4v) is 3.51. The van der Waals surface area contributed by atoms with Crippen LogP contribution in [0.3, 0.4) is 0 Å². The number of benzene rings is 2. The van der Waals surface area contributed by atoms with Gasteiger partial charge in [-0.25, -0.2) is 8.42 Å². The molecule has 27 heavy (non-hydrogen) atoms. The minimum Gasteiger partial charge on any atom is -0.744 e. The van der Waals surface area contributed by atoms with E-state index >= 15 is 0 Å². The summed E-state index contributed by atoms with van der Waals surface area (Å²) in [5.41, 5.74) is -1.13. The summed E-state index contributed by atoms with van der Waals surface area (Å²) in [7, 11) is -9.78. The summed E-state index contributed by atoms with van der Waals surface area (Å²) >= 11 is 0. The molecule has 0 aliphatic carbocycles. The fourth-order valence-electron chi connectivity index (χ4n) is 2.12. The molecule has 0 amide bonds. The van der Waals surface area contributed by atoms with E-state index in [9.17, 15) is 36.1 Å². The van der Waals surface area contributed by atoms with Crippen molar-refractivity contribution < 1.29 is 30.9 Å². The van der Waals surface area contributed by atoms with Crippen LogP contribution in [-0.4, -0.2) is 30.9 Å². The molecule has 140 valence electrons. The lowest BCUT2D eigenvalue weighted by Gasteiger charge is -2.09. The Labute approximate surface area is 152 Å². The Morgan fingerprint density at radius 2 is 1.56 bits per heavy atom. The third-order valence-corrected chi connectivity index (χ3v) is 5.11. The molecule has 0 unspecified atom stereocenters. The van der Waals surface area contributed by atoms with Gasteiger partial charge in [0, 0.05) is 18.2 Å². The smallest absolute Gasteiger partial charge is 0.386 e. The van der Waals surface area contributed by atoms with Crippen molar-refractivity contribution in [1.82, 2.24) is 0 Å². The van der Waals surface area contributed by atoms with E-state index < -0.39 is 40.6 Å². The molecule has 1 N–H and O–H groups in total. The fraction of sp³-hybridized carbons (Fsp3) is 0. The van der Waals surface area contributed by atoms with E-state index in [-0.39, 0.29) is 16.8 Å². The Balaban J connectivity index is 2.63. The van der Waals surface area contributed by atoms with E-state index in [1.807, 2.05) is 0 Å². The van der Waals surface area contributed by atoms with E-state index in [0.29, 0.717) is 6.07 Å². The third kappa shape index (κ3) is 4.71. The van der Waals surface area contributed by atoms with Crippen LogP contribution in [0.5, 0.6) is 0 Å². The van der Waals surface area contributed by atoms with E-state index in [1.165, 1.54) is 6.07 Å². The standard InChI is InChI=1S/C14H9N3O8S2/c15-16-11-5-3-9(13(7-11)26(20,21)22)1-2-10-4-6-12(17(18)19)8-14(10)27(23,24)25/h1-8H,(H-,20,21,22,23,24,25)/b2-1+. The number of hydrogen-bond donors (Lipinski definition) is 1. The molecule has 0 heterocycles. The van der Waals surface area contributed by atoms with Crippen LogP contribution < -0.4 is 0 Å². The van der Waals surface area contributed by atoms with Crippen molar-refractivity contribution in [2.75, 3.05) is 0 Å². The zero-order valence-electron chi connectivity index (χ0n) is 13.1. The molecule has 13 heteroatoms. The van der Waals surface area contributed by atoms with Crippen molar-refractivity contribution in [1.29, 1.82) is 5.39 Å². The van der Waals surface area contributed by atoms with Crippen molar-refractivity contribution in [3.05, 3.63) is 62.6 Å². The number of hydrogen-bond acceptors (Lipinski definition) is 8. The van der Waals surface area contributed by atoms with Crippen molar-refractivity contribution in [2.24, 2.45) is 0 Å². The molecule has 11 nitrogen and oxygen atoms in total. The molecule has 0 saturated heterocycles. The molecule has 0 saturated carbocycles. The number of nitro groups is 1. The van der Waals surface area contributed by atoms with E-state index in [1.54, 1.807) is 0 Å². The summed E-state index contributed by atoms with van der Waals surface area (Å²) < 4.78 is 66.2. The van der Waals surface area contributed by atoms with Gasteiger partial charge in [-0.15, -0.1) is 0 Å². The van der Waals surface area contributed by atoms with Gasteiger partial charge in [-0.3, -0.25) is 14.7 Å². The van der Waals surface area contributed by atoms with Crippen LogP contribution in [-0.2, 0) is 20.2 Å². The van der Waals surface area contributed by atoms with Gasteiger partial charge in [-0.05, 0) is 23.3 Å². The van der Waals surface area contributed by atoms with Gasteiger partial charge in [0.25, 0.3) is 15.8 Å². The number of nitrogens with zero attached hydrogens (tertiary/aromatic N) is 3. The highest BCUT2D eigenvalue weighted by atomic mass is 32.2. The predicted molar refractivity (Wildman–Crippen MR) is 91.0 cm³/mol. The SMILES string of the molecule is N#[N+]c1ccc(/C=C/c2ccc([N+](=O)[O-])cc2S(=O)(=O)O)c(S(=O)(=O)[O-])c1. The quantitative estimate of drug-likeness (QED) is 0.254. The molecule has 0 fully saturated rings. The van der Waals surface area contributed by atoms with Crippen molar-refractivity contribution in [3.63, 3.8) is 0 Å². The van der Waals surface area contributed by atoms with Crippen molar-refractivity contribution >= 4 is 43.8 Å². The van der Waals surface area contributed by atoms with Gasteiger partial charge in [0.1, 0.15) is 15.0 Å². The van der Waals surface area contributed by atoms with Gasteiger partial charge in [0.15, 0.2) is 4.98 Å². The lowest BCUT2D eigenvalue weighted by Crippen LogP contribution is -2.03. The third-order valence-electron chi connectivity index (χ3n) is 3.31. The minimum absolute atomic E-state index is 0.156. The van der Waals surface area contributed by atoms with Gasteiger partial charge in [-0.2, -0.15) is 8.42 Å². The Kier molecular flexibility index (Phi) is 5.38. The number of nitro benzene ring substituents is 1. The van der Waals surface area contributed by atoms with Crippen LogP contribution in [0.15, 0.2) is 46.2 Å². The van der Waals surface area contributed by atoms with Crippen LogP contribution in [0, 0.1) is 15.5 Å². The molecule has 0 radical (unpaired) electrons. The summed E-state index contributed by atoms with van der Waals surface area (Å²) in [6.07, 6.45) is 2.11. The first-order valence-electron chi connectivity index (χ1n) is 6.82. The van der Waals surface area contributed by atoms with Crippen LogP contribution in [0.4, 0.5) is 11.4 Å². The monoisotopic (exact) mass is 411 g/mol. The average Bonchev–Trinajstić information content (AvgIpc) is 2.58. The maximum absolute atomic E-state index is 11.5. The molecule has 0 bridgehead atoms. The zero-order chi connectivity index (χ0) is 20.4. The first-order valence-corrected chi connectivity index (χ1v) is 9.67. The van der Waals surface area contributed by atoms with Gasteiger partial charge >= 0.3 is 5.69 Å². The summed E-state index contributed by atoms with van der Waals surface area (Å²) in [6, 6.07) is 5.77. The Morgan fingerprint density at radius 1 is 1.00 bits per heavy atom. The van der Waals surface area contributed by atoms with Gasteiger partial charge in [-0.1, -0.05) is 12.2 Å². The summed E-state index contributed by atoms with van der Waals surface area (Å²) in [4.78, 5) is 11.2. The molecule has 0 spiro atoms. The van der Waals surface area contributed by atoms with E-state index in [2.05, 4.69) is 4.98 Å². The highest BCUT2D eigenvalue weighted by Gasteiger charge is 2.19. The largest absolute Gasteiger partial charge is 0.744 e. The van der Waals surface area contributed by atoms with Crippen molar-refractivity contribution in [3.8, 4) is 0 Å². The van der Waals surface area contributed by atoms with Crippen LogP contribution >= 0.6 is 0 Å². The predicted octanol–water partition coefficient (Wildman–Crippen LogP) is 2.40. The molecule has 0 aliphatic rings. The minimum atomic E-state index is -4.96. The summed E-state index contributed by atoms with van der Waals surface area (Å²) in [5.74, 6) is 0. The van der Waals surface area contributed by atoms with Gasteiger partial charge in [0.05, 0.1) is 15.9 Å². The van der Waals surface area contributed by atoms with Crippen LogP contribution in [0.2, 0.25) is 0 Å². The summed E-state index contributed by atoms with van der Waals surface area (Å²) in [5, 5.41) is 19.5. The van der Waals surface area contributed by atoms with Gasteiger partial charge < -0.3 is 4.55 Å². The molecule has 0 aromatic heterocycles. The molecule has 2 aromatic rings. The molecule has 2 aromatic carbocycles. The number of rotatable bonds is 5. The Morgan fingerprint density at radius 3 is 2.04 bits per heavy atom. The Hall–Kier alpha value is -3.18. The zero-order valence-corrected chi connectivity index (χ0v) is 14.7.